The Morgan fingerprint density at radius 2 is 2.14 bits per heavy atom. The second-order valence-electron chi connectivity index (χ2n) is 7.27. The van der Waals surface area contributed by atoms with Crippen LogP contribution < -0.4 is 5.32 Å². The molecule has 29 heavy (non-hydrogen) atoms. The second kappa shape index (κ2) is 11.1. The summed E-state index contributed by atoms with van der Waals surface area (Å²) in [6.45, 7) is 7.11. The first-order valence-electron chi connectivity index (χ1n) is 10.0. The summed E-state index contributed by atoms with van der Waals surface area (Å²) in [6.07, 6.45) is 4.88. The predicted molar refractivity (Wildman–Crippen MR) is 114 cm³/mol. The van der Waals surface area contributed by atoms with Gasteiger partial charge in [-0.25, -0.2) is 4.98 Å². The van der Waals surface area contributed by atoms with Crippen molar-refractivity contribution in [1.29, 1.82) is 0 Å². The van der Waals surface area contributed by atoms with Crippen molar-refractivity contribution in [1.82, 2.24) is 25.1 Å². The van der Waals surface area contributed by atoms with E-state index >= 15 is 0 Å². The van der Waals surface area contributed by atoms with Crippen LogP contribution in [0.15, 0.2) is 10.7 Å². The summed E-state index contributed by atoms with van der Waals surface area (Å²) in [5.74, 6) is 1.67. The fourth-order valence-electron chi connectivity index (χ4n) is 3.55. The van der Waals surface area contributed by atoms with Gasteiger partial charge in [-0.15, -0.1) is 21.5 Å². The third-order valence-electron chi connectivity index (χ3n) is 5.04. The normalized spacial score (nSPS) is 19.7. The number of carboxylic acids is 1. The van der Waals surface area contributed by atoms with Crippen LogP contribution in [0.4, 0.5) is 0 Å². The molecular weight excluding hydrogens is 410 g/mol. The van der Waals surface area contributed by atoms with E-state index in [2.05, 4.69) is 32.0 Å². The highest BCUT2D eigenvalue weighted by molar-refractivity contribution is 7.98. The van der Waals surface area contributed by atoms with Gasteiger partial charge in [0.1, 0.15) is 5.82 Å². The molecule has 0 radical (unpaired) electrons. The van der Waals surface area contributed by atoms with Gasteiger partial charge in [0.2, 0.25) is 0 Å². The lowest BCUT2D eigenvalue weighted by molar-refractivity contribution is -0.134. The van der Waals surface area contributed by atoms with Crippen molar-refractivity contribution in [2.45, 2.75) is 69.0 Å². The highest BCUT2D eigenvalue weighted by Gasteiger charge is 2.26. The molecule has 1 atom stereocenters. The summed E-state index contributed by atoms with van der Waals surface area (Å²) >= 11 is 3.45. The SMILES string of the molecule is CC(=O)O.Cc1scnc1CSc1nnc(C2CCNCC2)n1CC1CCCO1. The molecule has 160 valence electrons. The largest absolute Gasteiger partial charge is 0.481 e. The van der Waals surface area contributed by atoms with E-state index in [1.54, 1.807) is 23.1 Å². The first-order chi connectivity index (χ1) is 14.0. The van der Waals surface area contributed by atoms with E-state index in [1.165, 1.54) is 4.88 Å². The smallest absolute Gasteiger partial charge is 0.300 e. The minimum Gasteiger partial charge on any atom is -0.481 e. The number of thioether (sulfide) groups is 1. The van der Waals surface area contributed by atoms with Gasteiger partial charge in [0, 0.05) is 30.1 Å². The average molecular weight is 440 g/mol. The zero-order valence-electron chi connectivity index (χ0n) is 17.0. The van der Waals surface area contributed by atoms with Gasteiger partial charge >= 0.3 is 0 Å². The molecule has 0 amide bonds. The summed E-state index contributed by atoms with van der Waals surface area (Å²) in [6, 6.07) is 0. The van der Waals surface area contributed by atoms with Gasteiger partial charge in [-0.05, 0) is 45.7 Å². The summed E-state index contributed by atoms with van der Waals surface area (Å²) in [7, 11) is 0. The van der Waals surface area contributed by atoms with E-state index in [0.717, 1.165) is 81.3 Å². The zero-order chi connectivity index (χ0) is 20.6. The predicted octanol–water partition coefficient (Wildman–Crippen LogP) is 3.07. The highest BCUT2D eigenvalue weighted by atomic mass is 32.2. The first-order valence-corrected chi connectivity index (χ1v) is 11.9. The monoisotopic (exact) mass is 439 g/mol. The van der Waals surface area contributed by atoms with Crippen molar-refractivity contribution in [3.05, 3.63) is 21.9 Å². The fourth-order valence-corrected chi connectivity index (χ4v) is 5.22. The molecule has 2 aromatic heterocycles. The Hall–Kier alpha value is -1.49. The first kappa shape index (κ1) is 22.2. The number of hydrogen-bond donors (Lipinski definition) is 2. The topological polar surface area (TPSA) is 102 Å². The van der Waals surface area contributed by atoms with E-state index in [4.69, 9.17) is 14.6 Å². The Kier molecular flexibility index (Phi) is 8.46. The van der Waals surface area contributed by atoms with Crippen LogP contribution in [0, 0.1) is 6.92 Å². The standard InChI is InChI=1S/C17H25N5OS2.C2H4O2/c1-12-15(19-11-25-12)10-24-17-21-20-16(13-4-6-18-7-5-13)22(17)9-14-3-2-8-23-14;1-2(3)4/h11,13-14,18H,2-10H2,1H3;1H3,(H,3,4). The third kappa shape index (κ3) is 6.50. The lowest BCUT2D eigenvalue weighted by Crippen LogP contribution is -2.29. The Morgan fingerprint density at radius 1 is 1.38 bits per heavy atom. The van der Waals surface area contributed by atoms with Crippen LogP contribution in [0.1, 0.15) is 54.9 Å². The van der Waals surface area contributed by atoms with E-state index in [9.17, 15) is 0 Å². The Balaban J connectivity index is 0.000000552. The summed E-state index contributed by atoms with van der Waals surface area (Å²) < 4.78 is 8.22. The van der Waals surface area contributed by atoms with Crippen LogP contribution in [0.3, 0.4) is 0 Å². The van der Waals surface area contributed by atoms with E-state index in [-0.39, 0.29) is 0 Å². The van der Waals surface area contributed by atoms with Gasteiger partial charge in [0.25, 0.3) is 5.97 Å². The van der Waals surface area contributed by atoms with Gasteiger partial charge < -0.3 is 19.7 Å². The van der Waals surface area contributed by atoms with Crippen LogP contribution in [0.2, 0.25) is 0 Å². The molecule has 2 saturated heterocycles. The number of hydrogen-bond acceptors (Lipinski definition) is 8. The maximum absolute atomic E-state index is 9.00. The molecule has 0 aromatic carbocycles. The zero-order valence-corrected chi connectivity index (χ0v) is 18.6. The third-order valence-corrected chi connectivity index (χ3v) is 6.82. The van der Waals surface area contributed by atoms with E-state index < -0.39 is 5.97 Å². The van der Waals surface area contributed by atoms with Crippen molar-refractivity contribution in [3.63, 3.8) is 0 Å². The van der Waals surface area contributed by atoms with Gasteiger partial charge in [0.15, 0.2) is 5.16 Å². The number of piperidine rings is 1. The van der Waals surface area contributed by atoms with Crippen LogP contribution >= 0.6 is 23.1 Å². The highest BCUT2D eigenvalue weighted by Crippen LogP contribution is 2.30. The molecule has 0 spiro atoms. The minimum absolute atomic E-state index is 0.303. The molecule has 4 heterocycles. The number of rotatable bonds is 6. The molecule has 0 saturated carbocycles. The maximum atomic E-state index is 9.00. The van der Waals surface area contributed by atoms with Crippen LogP contribution in [-0.2, 0) is 21.8 Å². The molecule has 2 aliphatic rings. The van der Waals surface area contributed by atoms with Gasteiger partial charge in [-0.3, -0.25) is 4.79 Å². The van der Waals surface area contributed by atoms with Crippen molar-refractivity contribution in [3.8, 4) is 0 Å². The number of carboxylic acid groups (broad SMARTS) is 1. The van der Waals surface area contributed by atoms with Crippen LogP contribution in [-0.4, -0.2) is 56.6 Å². The van der Waals surface area contributed by atoms with E-state index in [1.807, 2.05) is 5.51 Å². The van der Waals surface area contributed by atoms with Crippen molar-refractivity contribution in [2.75, 3.05) is 19.7 Å². The summed E-state index contributed by atoms with van der Waals surface area (Å²) in [5.41, 5.74) is 3.08. The minimum atomic E-state index is -0.833. The number of aryl methyl sites for hydroxylation is 1. The molecule has 10 heteroatoms. The number of ether oxygens (including phenoxy) is 1. The van der Waals surface area contributed by atoms with Gasteiger partial charge in [-0.2, -0.15) is 0 Å². The quantitative estimate of drug-likeness (QED) is 0.662. The average Bonchev–Trinajstić information content (AvgIpc) is 3.43. The van der Waals surface area contributed by atoms with Gasteiger partial charge in [0.05, 0.1) is 23.9 Å². The van der Waals surface area contributed by atoms with Crippen LogP contribution in [0.25, 0.3) is 0 Å². The Bertz CT molecular complexity index is 779. The van der Waals surface area contributed by atoms with Crippen molar-refractivity contribution < 1.29 is 14.6 Å². The summed E-state index contributed by atoms with van der Waals surface area (Å²) in [5, 5.41) is 21.0. The maximum Gasteiger partial charge on any atom is 0.300 e. The molecule has 0 aliphatic carbocycles. The summed E-state index contributed by atoms with van der Waals surface area (Å²) in [4.78, 5) is 14.8. The number of nitrogens with one attached hydrogen (secondary N) is 1. The lowest BCUT2D eigenvalue weighted by Gasteiger charge is -2.23. The molecule has 2 fully saturated rings. The lowest BCUT2D eigenvalue weighted by atomic mass is 9.97. The number of aromatic nitrogens is 4. The second-order valence-corrected chi connectivity index (χ2v) is 9.28. The van der Waals surface area contributed by atoms with Crippen molar-refractivity contribution >= 4 is 29.1 Å². The Morgan fingerprint density at radius 3 is 2.76 bits per heavy atom. The number of nitrogens with zero attached hydrogens (tertiary/aromatic N) is 4. The molecular formula is C19H29N5O3S2. The molecule has 8 nitrogen and oxygen atoms in total. The molecule has 2 aromatic rings. The van der Waals surface area contributed by atoms with E-state index in [0.29, 0.717) is 12.0 Å². The molecule has 0 bridgehead atoms. The molecule has 2 N–H and O–H groups in total. The number of thiazole rings is 1. The van der Waals surface area contributed by atoms with Gasteiger partial charge in [-0.1, -0.05) is 11.8 Å². The van der Waals surface area contributed by atoms with Crippen molar-refractivity contribution in [2.24, 2.45) is 0 Å². The fraction of sp³-hybridized carbons (Fsp3) is 0.684. The molecule has 4 rings (SSSR count). The Labute approximate surface area is 179 Å². The molecule has 1 unspecified atom stereocenters. The van der Waals surface area contributed by atoms with Crippen LogP contribution in [0.5, 0.6) is 0 Å². The number of carbonyl (C=O) groups is 1. The number of aliphatic carboxylic acids is 1. The molecule has 2 aliphatic heterocycles.